The second-order valence-corrected chi connectivity index (χ2v) is 8.42. The first-order valence-electron chi connectivity index (χ1n) is 8.16. The number of sulfonamides is 1. The molecule has 0 bridgehead atoms. The number of benzene rings is 1. The molecule has 0 saturated heterocycles. The van der Waals surface area contributed by atoms with Gasteiger partial charge >= 0.3 is 0 Å². The van der Waals surface area contributed by atoms with Crippen LogP contribution in [-0.4, -0.2) is 37.2 Å². The molecule has 1 aliphatic carbocycles. The Hall–Kier alpha value is -1.86. The van der Waals surface area contributed by atoms with E-state index in [0.29, 0.717) is 11.7 Å². The molecular weight excluding hydrogens is 324 g/mol. The molecule has 0 amide bonds. The molecule has 1 N–H and O–H groups in total. The van der Waals surface area contributed by atoms with Gasteiger partial charge in [0, 0.05) is 12.7 Å². The van der Waals surface area contributed by atoms with Gasteiger partial charge in [0.25, 0.3) is 10.0 Å². The van der Waals surface area contributed by atoms with E-state index in [1.54, 1.807) is 10.9 Å². The van der Waals surface area contributed by atoms with E-state index in [2.05, 4.69) is 14.7 Å². The first-order valence-corrected chi connectivity index (χ1v) is 9.65. The van der Waals surface area contributed by atoms with Crippen LogP contribution in [0, 0.1) is 6.92 Å². The summed E-state index contributed by atoms with van der Waals surface area (Å²) in [6, 6.07) is 6.13. The molecule has 0 spiro atoms. The van der Waals surface area contributed by atoms with Gasteiger partial charge in [0.05, 0.1) is 17.9 Å². The number of nitrogens with one attached hydrogen (secondary N) is 1. The van der Waals surface area contributed by atoms with Gasteiger partial charge in [0.1, 0.15) is 4.90 Å². The van der Waals surface area contributed by atoms with Crippen molar-refractivity contribution in [2.24, 2.45) is 0 Å². The van der Waals surface area contributed by atoms with Crippen LogP contribution >= 0.6 is 0 Å². The van der Waals surface area contributed by atoms with Gasteiger partial charge in [-0.1, -0.05) is 12.1 Å². The molecular formula is C17H24N4O2S. The molecule has 3 rings (SSSR count). The molecule has 1 heterocycles. The summed E-state index contributed by atoms with van der Waals surface area (Å²) in [4.78, 5) is 2.29. The fraction of sp³-hybridized carbons (Fsp3) is 0.471. The number of aromatic nitrogens is 2. The van der Waals surface area contributed by atoms with Gasteiger partial charge in [-0.25, -0.2) is 8.42 Å². The SMILES string of the molecule is Cc1cc(CN(C)C)ccc1NS(=O)(=O)c1cnn(C2CCC2)c1. The third-order valence-electron chi connectivity index (χ3n) is 4.37. The van der Waals surface area contributed by atoms with Crippen LogP contribution in [0.1, 0.15) is 36.4 Å². The summed E-state index contributed by atoms with van der Waals surface area (Å²) in [7, 11) is 0.399. The van der Waals surface area contributed by atoms with Gasteiger partial charge in [0.15, 0.2) is 0 Å². The Morgan fingerprint density at radius 2 is 2.08 bits per heavy atom. The van der Waals surface area contributed by atoms with Gasteiger partial charge in [-0.15, -0.1) is 0 Å². The highest BCUT2D eigenvalue weighted by Crippen LogP contribution is 2.31. The molecule has 2 aromatic rings. The minimum Gasteiger partial charge on any atom is -0.305 e. The topological polar surface area (TPSA) is 67.2 Å². The van der Waals surface area contributed by atoms with E-state index < -0.39 is 10.0 Å². The van der Waals surface area contributed by atoms with Crippen molar-refractivity contribution in [3.05, 3.63) is 41.7 Å². The van der Waals surface area contributed by atoms with E-state index in [4.69, 9.17) is 0 Å². The molecule has 24 heavy (non-hydrogen) atoms. The van der Waals surface area contributed by atoms with Gasteiger partial charge in [-0.2, -0.15) is 5.10 Å². The van der Waals surface area contributed by atoms with Gasteiger partial charge in [0.2, 0.25) is 0 Å². The van der Waals surface area contributed by atoms with Crippen molar-refractivity contribution in [1.82, 2.24) is 14.7 Å². The molecule has 0 atom stereocenters. The zero-order valence-corrected chi connectivity index (χ0v) is 15.2. The minimum atomic E-state index is -3.61. The first-order chi connectivity index (χ1) is 11.3. The first kappa shape index (κ1) is 17.0. The summed E-state index contributed by atoms with van der Waals surface area (Å²) in [6.07, 6.45) is 6.38. The monoisotopic (exact) mass is 348 g/mol. The Labute approximate surface area is 143 Å². The Morgan fingerprint density at radius 3 is 2.67 bits per heavy atom. The predicted molar refractivity (Wildman–Crippen MR) is 94.5 cm³/mol. The van der Waals surface area contributed by atoms with Crippen LogP contribution in [0.25, 0.3) is 0 Å². The van der Waals surface area contributed by atoms with Gasteiger partial charge < -0.3 is 4.90 Å². The standard InChI is InChI=1S/C17H24N4O2S/c1-13-9-14(11-20(2)3)7-8-17(13)19-24(22,23)16-10-18-21(12-16)15-5-4-6-15/h7-10,12,15,19H,4-6,11H2,1-3H3. The summed E-state index contributed by atoms with van der Waals surface area (Å²) in [5.41, 5.74) is 2.66. The Bertz CT molecular complexity index is 823. The van der Waals surface area contributed by atoms with Crippen LogP contribution in [0.15, 0.2) is 35.5 Å². The molecule has 0 aliphatic heterocycles. The molecule has 1 aliphatic rings. The largest absolute Gasteiger partial charge is 0.305 e. The van der Waals surface area contributed by atoms with E-state index >= 15 is 0 Å². The summed E-state index contributed by atoms with van der Waals surface area (Å²) in [6.45, 7) is 2.73. The molecule has 0 unspecified atom stereocenters. The van der Waals surface area contributed by atoms with Crippen LogP contribution in [0.5, 0.6) is 0 Å². The fourth-order valence-corrected chi connectivity index (χ4v) is 3.89. The molecule has 1 aromatic carbocycles. The van der Waals surface area contributed by atoms with Crippen molar-refractivity contribution in [1.29, 1.82) is 0 Å². The number of anilines is 1. The minimum absolute atomic E-state index is 0.214. The molecule has 0 radical (unpaired) electrons. The molecule has 6 nitrogen and oxygen atoms in total. The summed E-state index contributed by atoms with van der Waals surface area (Å²) in [5.74, 6) is 0. The van der Waals surface area contributed by atoms with Crippen LogP contribution in [0.3, 0.4) is 0 Å². The van der Waals surface area contributed by atoms with Crippen LogP contribution < -0.4 is 4.72 Å². The summed E-state index contributed by atoms with van der Waals surface area (Å²) in [5, 5.41) is 4.21. The number of hydrogen-bond donors (Lipinski definition) is 1. The smallest absolute Gasteiger partial charge is 0.265 e. The highest BCUT2D eigenvalue weighted by molar-refractivity contribution is 7.92. The quantitative estimate of drug-likeness (QED) is 0.872. The molecule has 1 fully saturated rings. The maximum absolute atomic E-state index is 12.6. The van der Waals surface area contributed by atoms with Crippen molar-refractivity contribution >= 4 is 15.7 Å². The Kier molecular flexibility index (Phi) is 4.64. The van der Waals surface area contributed by atoms with Crippen LogP contribution in [0.2, 0.25) is 0 Å². The molecule has 130 valence electrons. The highest BCUT2D eigenvalue weighted by Gasteiger charge is 2.23. The predicted octanol–water partition coefficient (Wildman–Crippen LogP) is 2.78. The van der Waals surface area contributed by atoms with E-state index in [0.717, 1.165) is 30.5 Å². The van der Waals surface area contributed by atoms with Crippen LogP contribution in [-0.2, 0) is 16.6 Å². The number of hydrogen-bond acceptors (Lipinski definition) is 4. The normalized spacial score (nSPS) is 15.5. The van der Waals surface area contributed by atoms with Crippen LogP contribution in [0.4, 0.5) is 5.69 Å². The third kappa shape index (κ3) is 3.62. The maximum Gasteiger partial charge on any atom is 0.265 e. The molecule has 1 aromatic heterocycles. The number of aryl methyl sites for hydroxylation is 1. The second kappa shape index (κ2) is 6.57. The highest BCUT2D eigenvalue weighted by atomic mass is 32.2. The average molecular weight is 348 g/mol. The Balaban J connectivity index is 1.77. The zero-order valence-electron chi connectivity index (χ0n) is 14.4. The van der Waals surface area contributed by atoms with Crippen molar-refractivity contribution < 1.29 is 8.42 Å². The zero-order chi connectivity index (χ0) is 17.3. The fourth-order valence-electron chi connectivity index (χ4n) is 2.82. The summed E-state index contributed by atoms with van der Waals surface area (Å²) >= 11 is 0. The van der Waals surface area contributed by atoms with E-state index in [1.165, 1.54) is 12.6 Å². The van der Waals surface area contributed by atoms with Gasteiger partial charge in [-0.05, 0) is 57.5 Å². The maximum atomic E-state index is 12.6. The third-order valence-corrected chi connectivity index (χ3v) is 5.69. The van der Waals surface area contributed by atoms with E-state index in [-0.39, 0.29) is 4.90 Å². The Morgan fingerprint density at radius 1 is 1.33 bits per heavy atom. The molecule has 7 heteroatoms. The van der Waals surface area contributed by atoms with Crippen molar-refractivity contribution in [2.45, 2.75) is 43.7 Å². The van der Waals surface area contributed by atoms with Crippen molar-refractivity contribution in [3.8, 4) is 0 Å². The molecule has 1 saturated carbocycles. The van der Waals surface area contributed by atoms with Gasteiger partial charge in [-0.3, -0.25) is 9.40 Å². The lowest BCUT2D eigenvalue weighted by Crippen LogP contribution is -2.17. The van der Waals surface area contributed by atoms with Crippen molar-refractivity contribution in [3.63, 3.8) is 0 Å². The average Bonchev–Trinajstić information content (AvgIpc) is 2.89. The van der Waals surface area contributed by atoms with E-state index in [1.807, 2.05) is 39.2 Å². The lowest BCUT2D eigenvalue weighted by Gasteiger charge is -2.25. The number of nitrogens with zero attached hydrogens (tertiary/aromatic N) is 3. The lowest BCUT2D eigenvalue weighted by molar-refractivity contribution is 0.289. The van der Waals surface area contributed by atoms with Crippen molar-refractivity contribution in [2.75, 3.05) is 18.8 Å². The lowest BCUT2D eigenvalue weighted by atomic mass is 9.93. The summed E-state index contributed by atoms with van der Waals surface area (Å²) < 4.78 is 29.6. The van der Waals surface area contributed by atoms with E-state index in [9.17, 15) is 8.42 Å². The second-order valence-electron chi connectivity index (χ2n) is 6.73. The number of rotatable bonds is 6.